The van der Waals surface area contributed by atoms with Crippen LogP contribution in [0.2, 0.25) is 0 Å². The number of hydrogen-bond donors (Lipinski definition) is 2. The summed E-state index contributed by atoms with van der Waals surface area (Å²) in [6.45, 7) is 6.97. The van der Waals surface area contributed by atoms with E-state index in [9.17, 15) is 14.4 Å². The minimum absolute atomic E-state index is 0.0626. The molecule has 150 valence electrons. The average Bonchev–Trinajstić information content (AvgIpc) is 2.95. The van der Waals surface area contributed by atoms with Gasteiger partial charge >= 0.3 is 6.09 Å². The number of rotatable bonds is 4. The van der Waals surface area contributed by atoms with Crippen LogP contribution in [-0.2, 0) is 16.0 Å². The number of hydrogen-bond acceptors (Lipinski definition) is 7. The molecule has 3 rings (SSSR count). The number of aromatic amines is 1. The summed E-state index contributed by atoms with van der Waals surface area (Å²) in [5.41, 5.74) is 4.02. The standard InChI is InChI=1S/C18H23N5O4S/c1-4-27-18(26)23-7-5-12(6-8-23)21-22-14(24)9-13-19-16(25)15-10(2)11(3)28-17(15)20-13/h4-9H2,1-3H3,(H,22,24)(H,19,20,25). The lowest BCUT2D eigenvalue weighted by Gasteiger charge is -2.26. The predicted molar refractivity (Wildman–Crippen MR) is 107 cm³/mol. The Morgan fingerprint density at radius 2 is 2.04 bits per heavy atom. The van der Waals surface area contributed by atoms with Crippen molar-refractivity contribution < 1.29 is 14.3 Å². The summed E-state index contributed by atoms with van der Waals surface area (Å²) in [6, 6.07) is 0. The molecule has 9 nitrogen and oxygen atoms in total. The van der Waals surface area contributed by atoms with Gasteiger partial charge in [-0.2, -0.15) is 5.10 Å². The van der Waals surface area contributed by atoms with Gasteiger partial charge in [0.05, 0.1) is 18.4 Å². The molecule has 0 atom stereocenters. The second-order valence-electron chi connectivity index (χ2n) is 6.55. The molecule has 0 bridgehead atoms. The molecule has 0 radical (unpaired) electrons. The van der Waals surface area contributed by atoms with Crippen molar-refractivity contribution in [2.75, 3.05) is 19.7 Å². The van der Waals surface area contributed by atoms with Gasteiger partial charge < -0.3 is 14.6 Å². The van der Waals surface area contributed by atoms with Gasteiger partial charge in [-0.05, 0) is 26.3 Å². The van der Waals surface area contributed by atoms with Crippen molar-refractivity contribution in [3.05, 3.63) is 26.6 Å². The first kappa shape index (κ1) is 20.0. The van der Waals surface area contributed by atoms with Crippen molar-refractivity contribution in [1.82, 2.24) is 20.3 Å². The lowest BCUT2D eigenvalue weighted by molar-refractivity contribution is -0.120. The fraction of sp³-hybridized carbons (Fsp3) is 0.500. The Morgan fingerprint density at radius 3 is 2.71 bits per heavy atom. The van der Waals surface area contributed by atoms with Crippen molar-refractivity contribution in [1.29, 1.82) is 0 Å². The van der Waals surface area contributed by atoms with Gasteiger partial charge in [-0.15, -0.1) is 11.3 Å². The number of carbonyl (C=O) groups excluding carboxylic acids is 2. The molecular weight excluding hydrogens is 382 g/mol. The Balaban J connectivity index is 1.58. The number of piperidine rings is 1. The molecule has 28 heavy (non-hydrogen) atoms. The van der Waals surface area contributed by atoms with Crippen molar-refractivity contribution in [3.8, 4) is 0 Å². The summed E-state index contributed by atoms with van der Waals surface area (Å²) in [5, 5.41) is 4.73. The second-order valence-corrected chi connectivity index (χ2v) is 7.75. The van der Waals surface area contributed by atoms with Crippen LogP contribution in [0.15, 0.2) is 9.90 Å². The number of thiophene rings is 1. The maximum Gasteiger partial charge on any atom is 0.409 e. The van der Waals surface area contributed by atoms with E-state index in [0.717, 1.165) is 16.2 Å². The first-order valence-corrected chi connectivity index (χ1v) is 9.95. The maximum absolute atomic E-state index is 12.3. The Morgan fingerprint density at radius 1 is 1.32 bits per heavy atom. The molecule has 2 aromatic rings. The zero-order valence-corrected chi connectivity index (χ0v) is 16.9. The smallest absolute Gasteiger partial charge is 0.409 e. The molecule has 1 aliphatic heterocycles. The van der Waals surface area contributed by atoms with Crippen molar-refractivity contribution in [2.45, 2.75) is 40.0 Å². The van der Waals surface area contributed by atoms with E-state index in [1.54, 1.807) is 11.8 Å². The zero-order chi connectivity index (χ0) is 20.3. The van der Waals surface area contributed by atoms with Crippen LogP contribution in [-0.4, -0.2) is 52.3 Å². The number of amides is 2. The van der Waals surface area contributed by atoms with Crippen molar-refractivity contribution in [3.63, 3.8) is 0 Å². The Hall–Kier alpha value is -2.75. The number of aromatic nitrogens is 2. The zero-order valence-electron chi connectivity index (χ0n) is 16.1. The van der Waals surface area contributed by atoms with Crippen LogP contribution < -0.4 is 11.0 Å². The molecule has 2 N–H and O–H groups in total. The second kappa shape index (κ2) is 8.51. The number of fused-ring (bicyclic) bond motifs is 1. The fourth-order valence-electron chi connectivity index (χ4n) is 2.99. The number of nitrogens with one attached hydrogen (secondary N) is 2. The van der Waals surface area contributed by atoms with Crippen LogP contribution in [0.3, 0.4) is 0 Å². The van der Waals surface area contributed by atoms with Gasteiger partial charge in [-0.3, -0.25) is 9.59 Å². The van der Waals surface area contributed by atoms with Crippen LogP contribution >= 0.6 is 11.3 Å². The molecule has 0 aliphatic carbocycles. The number of likely N-dealkylation sites (tertiary alicyclic amines) is 1. The van der Waals surface area contributed by atoms with E-state index in [1.165, 1.54) is 11.3 Å². The van der Waals surface area contributed by atoms with Gasteiger partial charge in [0.1, 0.15) is 10.7 Å². The number of aryl methyl sites for hydroxylation is 2. The summed E-state index contributed by atoms with van der Waals surface area (Å²) < 4.78 is 4.97. The molecule has 0 aromatic carbocycles. The normalized spacial score (nSPS) is 14.2. The summed E-state index contributed by atoms with van der Waals surface area (Å²) in [6.07, 6.45) is 0.768. The van der Waals surface area contributed by atoms with Crippen molar-refractivity contribution >= 4 is 39.3 Å². The van der Waals surface area contributed by atoms with Gasteiger partial charge in [-0.1, -0.05) is 0 Å². The predicted octanol–water partition coefficient (Wildman–Crippen LogP) is 1.87. The topological polar surface area (TPSA) is 117 Å². The quantitative estimate of drug-likeness (QED) is 0.753. The van der Waals surface area contributed by atoms with Gasteiger partial charge in [0.2, 0.25) is 5.91 Å². The van der Waals surface area contributed by atoms with E-state index in [0.29, 0.717) is 48.6 Å². The largest absolute Gasteiger partial charge is 0.450 e. The van der Waals surface area contributed by atoms with E-state index in [4.69, 9.17) is 4.74 Å². The molecule has 1 saturated heterocycles. The molecular formula is C18H23N5O4S. The molecule has 10 heteroatoms. The summed E-state index contributed by atoms with van der Waals surface area (Å²) in [4.78, 5) is 46.5. The Labute approximate surface area is 165 Å². The monoisotopic (exact) mass is 405 g/mol. The summed E-state index contributed by atoms with van der Waals surface area (Å²) in [5.74, 6) is -0.0404. The molecule has 0 saturated carbocycles. The third-order valence-corrected chi connectivity index (χ3v) is 5.72. The lowest BCUT2D eigenvalue weighted by Crippen LogP contribution is -2.39. The number of nitrogens with zero attached hydrogens (tertiary/aromatic N) is 3. The molecule has 1 fully saturated rings. The first-order chi connectivity index (χ1) is 13.4. The minimum atomic E-state index is -0.354. The van der Waals surface area contributed by atoms with Gasteiger partial charge in [0, 0.05) is 36.5 Å². The van der Waals surface area contributed by atoms with E-state index >= 15 is 0 Å². The SMILES string of the molecule is CCOC(=O)N1CCC(=NNC(=O)Cc2nc3sc(C)c(C)c3c(=O)[nH]2)CC1. The number of hydrazone groups is 1. The third-order valence-electron chi connectivity index (χ3n) is 4.62. The molecule has 2 amide bonds. The Bertz CT molecular complexity index is 984. The maximum atomic E-state index is 12.3. The van der Waals surface area contributed by atoms with E-state index in [2.05, 4.69) is 20.5 Å². The van der Waals surface area contributed by atoms with Crippen LogP contribution in [0.25, 0.3) is 10.2 Å². The molecule has 0 spiro atoms. The average molecular weight is 405 g/mol. The number of H-pyrrole nitrogens is 1. The third kappa shape index (κ3) is 4.38. The van der Waals surface area contributed by atoms with Gasteiger partial charge in [0.15, 0.2) is 0 Å². The van der Waals surface area contributed by atoms with Crippen LogP contribution in [0.5, 0.6) is 0 Å². The number of carbonyl (C=O) groups is 2. The first-order valence-electron chi connectivity index (χ1n) is 9.14. The van der Waals surface area contributed by atoms with E-state index in [1.807, 2.05) is 13.8 Å². The highest BCUT2D eigenvalue weighted by molar-refractivity contribution is 7.18. The van der Waals surface area contributed by atoms with Crippen LogP contribution in [0, 0.1) is 13.8 Å². The molecule has 2 aromatic heterocycles. The van der Waals surface area contributed by atoms with E-state index < -0.39 is 0 Å². The molecule has 3 heterocycles. The van der Waals surface area contributed by atoms with Gasteiger partial charge in [-0.25, -0.2) is 15.2 Å². The highest BCUT2D eigenvalue weighted by atomic mass is 32.1. The van der Waals surface area contributed by atoms with Crippen molar-refractivity contribution in [2.24, 2.45) is 5.10 Å². The highest BCUT2D eigenvalue weighted by Gasteiger charge is 2.21. The van der Waals surface area contributed by atoms with Crippen LogP contribution in [0.4, 0.5) is 4.79 Å². The number of ether oxygens (including phenoxy) is 1. The fourth-order valence-corrected chi connectivity index (χ4v) is 4.04. The summed E-state index contributed by atoms with van der Waals surface area (Å²) >= 11 is 1.44. The summed E-state index contributed by atoms with van der Waals surface area (Å²) in [7, 11) is 0. The lowest BCUT2D eigenvalue weighted by atomic mass is 10.1. The molecule has 1 aliphatic rings. The van der Waals surface area contributed by atoms with Crippen LogP contribution in [0.1, 0.15) is 36.0 Å². The van der Waals surface area contributed by atoms with E-state index in [-0.39, 0.29) is 24.0 Å². The highest BCUT2D eigenvalue weighted by Crippen LogP contribution is 2.25. The molecule has 0 unspecified atom stereocenters. The minimum Gasteiger partial charge on any atom is -0.450 e. The Kier molecular flexibility index (Phi) is 6.08. The van der Waals surface area contributed by atoms with Gasteiger partial charge in [0.25, 0.3) is 5.56 Å².